The van der Waals surface area contributed by atoms with E-state index < -0.39 is 0 Å². The largest absolute Gasteiger partial charge is 0.358 e. The summed E-state index contributed by atoms with van der Waals surface area (Å²) in [5.74, 6) is 0.696. The van der Waals surface area contributed by atoms with Crippen molar-refractivity contribution in [1.82, 2.24) is 10.3 Å². The molecule has 0 bridgehead atoms. The maximum absolute atomic E-state index is 11.9. The van der Waals surface area contributed by atoms with E-state index in [-0.39, 0.29) is 17.5 Å². The third-order valence-electron chi connectivity index (χ3n) is 2.29. The molecule has 1 aromatic heterocycles. The topological polar surface area (TPSA) is 54.0 Å². The Morgan fingerprint density at radius 1 is 1.44 bits per heavy atom. The van der Waals surface area contributed by atoms with E-state index in [9.17, 15) is 4.79 Å². The number of aryl methyl sites for hydroxylation is 1. The second-order valence-electron chi connectivity index (χ2n) is 5.42. The summed E-state index contributed by atoms with van der Waals surface area (Å²) in [6.45, 7) is 9.65. The second kappa shape index (κ2) is 5.69. The Balaban J connectivity index is 2.69. The molecule has 1 unspecified atom stereocenters. The smallest absolute Gasteiger partial charge is 0.242 e. The molecule has 4 nitrogen and oxygen atoms in total. The number of rotatable bonds is 3. The maximum Gasteiger partial charge on any atom is 0.242 e. The monoisotopic (exact) mass is 313 g/mol. The summed E-state index contributed by atoms with van der Waals surface area (Å²) >= 11 is 3.36. The molecule has 1 atom stereocenters. The summed E-state index contributed by atoms with van der Waals surface area (Å²) in [4.78, 5) is 16.2. The minimum absolute atomic E-state index is 0.0355. The van der Waals surface area contributed by atoms with Gasteiger partial charge in [0.25, 0.3) is 0 Å². The van der Waals surface area contributed by atoms with E-state index in [0.717, 1.165) is 15.9 Å². The van der Waals surface area contributed by atoms with Crippen LogP contribution < -0.4 is 10.6 Å². The van der Waals surface area contributed by atoms with E-state index in [4.69, 9.17) is 0 Å². The van der Waals surface area contributed by atoms with Crippen LogP contribution in [0.5, 0.6) is 0 Å². The van der Waals surface area contributed by atoms with Crippen molar-refractivity contribution in [1.29, 1.82) is 0 Å². The number of halogens is 1. The lowest BCUT2D eigenvalue weighted by Gasteiger charge is -2.24. The van der Waals surface area contributed by atoms with Crippen LogP contribution in [0.4, 0.5) is 5.82 Å². The molecular weight excluding hydrogens is 294 g/mol. The van der Waals surface area contributed by atoms with Crippen molar-refractivity contribution in [2.24, 2.45) is 0 Å². The van der Waals surface area contributed by atoms with E-state index in [0.29, 0.717) is 0 Å². The third kappa shape index (κ3) is 4.64. The Hall–Kier alpha value is -1.10. The van der Waals surface area contributed by atoms with Crippen LogP contribution >= 0.6 is 15.9 Å². The predicted molar refractivity (Wildman–Crippen MR) is 77.7 cm³/mol. The summed E-state index contributed by atoms with van der Waals surface area (Å²) in [7, 11) is 0. The lowest BCUT2D eigenvalue weighted by Crippen LogP contribution is -2.47. The SMILES string of the molecule is Cc1cc(Br)cnc1NC(C)C(=O)NC(C)(C)C. The number of nitrogens with one attached hydrogen (secondary N) is 2. The normalized spacial score (nSPS) is 13.0. The fraction of sp³-hybridized carbons (Fsp3) is 0.538. The van der Waals surface area contributed by atoms with Gasteiger partial charge in [-0.05, 0) is 62.2 Å². The van der Waals surface area contributed by atoms with Crippen molar-refractivity contribution in [2.45, 2.75) is 46.2 Å². The maximum atomic E-state index is 11.9. The molecule has 1 aromatic rings. The predicted octanol–water partition coefficient (Wildman–Crippen LogP) is 2.87. The van der Waals surface area contributed by atoms with Crippen molar-refractivity contribution in [3.63, 3.8) is 0 Å². The van der Waals surface area contributed by atoms with Crippen LogP contribution in [0.25, 0.3) is 0 Å². The Morgan fingerprint density at radius 2 is 2.06 bits per heavy atom. The van der Waals surface area contributed by atoms with E-state index in [2.05, 4.69) is 31.5 Å². The van der Waals surface area contributed by atoms with Gasteiger partial charge in [-0.2, -0.15) is 0 Å². The first-order valence-electron chi connectivity index (χ1n) is 5.90. The van der Waals surface area contributed by atoms with Gasteiger partial charge in [0.2, 0.25) is 5.91 Å². The number of aromatic nitrogens is 1. The highest BCUT2D eigenvalue weighted by atomic mass is 79.9. The Morgan fingerprint density at radius 3 is 2.56 bits per heavy atom. The van der Waals surface area contributed by atoms with Crippen LogP contribution in [-0.4, -0.2) is 22.5 Å². The molecule has 0 radical (unpaired) electrons. The zero-order valence-corrected chi connectivity index (χ0v) is 13.1. The van der Waals surface area contributed by atoms with Gasteiger partial charge in [-0.15, -0.1) is 0 Å². The van der Waals surface area contributed by atoms with Gasteiger partial charge < -0.3 is 10.6 Å². The van der Waals surface area contributed by atoms with Crippen molar-refractivity contribution < 1.29 is 4.79 Å². The number of nitrogens with zero attached hydrogens (tertiary/aromatic N) is 1. The van der Waals surface area contributed by atoms with Crippen LogP contribution in [0.2, 0.25) is 0 Å². The summed E-state index contributed by atoms with van der Waals surface area (Å²) in [5, 5.41) is 6.05. The van der Waals surface area contributed by atoms with Crippen molar-refractivity contribution in [2.75, 3.05) is 5.32 Å². The standard InChI is InChI=1S/C13H20BrN3O/c1-8-6-10(14)7-15-11(8)16-9(2)12(18)17-13(3,4)5/h6-7,9H,1-5H3,(H,15,16)(H,17,18). The molecular formula is C13H20BrN3O. The van der Waals surface area contributed by atoms with E-state index in [1.165, 1.54) is 0 Å². The highest BCUT2D eigenvalue weighted by Crippen LogP contribution is 2.17. The summed E-state index contributed by atoms with van der Waals surface area (Å²) in [6, 6.07) is 1.64. The third-order valence-corrected chi connectivity index (χ3v) is 2.72. The zero-order chi connectivity index (χ0) is 13.9. The number of pyridine rings is 1. The van der Waals surface area contributed by atoms with Crippen LogP contribution in [0.1, 0.15) is 33.3 Å². The molecule has 5 heteroatoms. The van der Waals surface area contributed by atoms with Crippen molar-refractivity contribution in [3.05, 3.63) is 22.3 Å². The molecule has 0 saturated heterocycles. The number of anilines is 1. The van der Waals surface area contributed by atoms with Gasteiger partial charge in [0.1, 0.15) is 11.9 Å². The first-order valence-corrected chi connectivity index (χ1v) is 6.69. The average molecular weight is 314 g/mol. The quantitative estimate of drug-likeness (QED) is 0.902. The first-order chi connectivity index (χ1) is 8.19. The van der Waals surface area contributed by atoms with Gasteiger partial charge >= 0.3 is 0 Å². The molecule has 1 heterocycles. The lowest BCUT2D eigenvalue weighted by atomic mass is 10.1. The molecule has 0 spiro atoms. The van der Waals surface area contributed by atoms with Gasteiger partial charge in [0.05, 0.1) is 0 Å². The molecule has 100 valence electrons. The minimum Gasteiger partial charge on any atom is -0.358 e. The molecule has 1 rings (SSSR count). The molecule has 0 fully saturated rings. The first kappa shape index (κ1) is 15.0. The fourth-order valence-electron chi connectivity index (χ4n) is 1.44. The summed E-state index contributed by atoms with van der Waals surface area (Å²) in [5.41, 5.74) is 0.773. The summed E-state index contributed by atoms with van der Waals surface area (Å²) in [6.07, 6.45) is 1.71. The Kier molecular flexibility index (Phi) is 4.73. The molecule has 0 aromatic carbocycles. The Labute approximate surface area is 117 Å². The van der Waals surface area contributed by atoms with Gasteiger partial charge in [0.15, 0.2) is 0 Å². The lowest BCUT2D eigenvalue weighted by molar-refractivity contribution is -0.122. The number of carbonyl (C=O) groups is 1. The average Bonchev–Trinajstić information content (AvgIpc) is 2.19. The molecule has 18 heavy (non-hydrogen) atoms. The van der Waals surface area contributed by atoms with Crippen LogP contribution in [0.15, 0.2) is 16.7 Å². The van der Waals surface area contributed by atoms with Crippen LogP contribution in [-0.2, 0) is 4.79 Å². The van der Waals surface area contributed by atoms with Gasteiger partial charge in [0, 0.05) is 16.2 Å². The molecule has 2 N–H and O–H groups in total. The molecule has 1 amide bonds. The molecule has 0 aliphatic carbocycles. The van der Waals surface area contributed by atoms with E-state index >= 15 is 0 Å². The molecule has 0 aliphatic rings. The van der Waals surface area contributed by atoms with Crippen molar-refractivity contribution in [3.8, 4) is 0 Å². The number of amides is 1. The van der Waals surface area contributed by atoms with Gasteiger partial charge in [-0.3, -0.25) is 4.79 Å². The van der Waals surface area contributed by atoms with E-state index in [1.807, 2.05) is 40.7 Å². The number of hydrogen-bond acceptors (Lipinski definition) is 3. The van der Waals surface area contributed by atoms with Gasteiger partial charge in [-0.25, -0.2) is 4.98 Å². The highest BCUT2D eigenvalue weighted by Gasteiger charge is 2.19. The highest BCUT2D eigenvalue weighted by molar-refractivity contribution is 9.10. The van der Waals surface area contributed by atoms with Crippen LogP contribution in [0.3, 0.4) is 0 Å². The summed E-state index contributed by atoms with van der Waals surface area (Å²) < 4.78 is 0.928. The second-order valence-corrected chi connectivity index (χ2v) is 6.34. The number of carbonyl (C=O) groups excluding carboxylic acids is 1. The van der Waals surface area contributed by atoms with Crippen LogP contribution in [0, 0.1) is 6.92 Å². The zero-order valence-electron chi connectivity index (χ0n) is 11.5. The minimum atomic E-state index is -0.323. The Bertz CT molecular complexity index is 440. The van der Waals surface area contributed by atoms with Gasteiger partial charge in [-0.1, -0.05) is 0 Å². The van der Waals surface area contributed by atoms with Crippen molar-refractivity contribution >= 4 is 27.7 Å². The van der Waals surface area contributed by atoms with E-state index in [1.54, 1.807) is 6.20 Å². The fourth-order valence-corrected chi connectivity index (χ4v) is 1.89. The molecule has 0 saturated carbocycles. The molecule has 0 aliphatic heterocycles. The number of hydrogen-bond donors (Lipinski definition) is 2.